The number of aryl methyl sites for hydroxylation is 2. The molecule has 1 aromatic carbocycles. The molecule has 0 saturated carbocycles. The van der Waals surface area contributed by atoms with E-state index in [4.69, 9.17) is 22.3 Å². The number of hydrogen-bond acceptors (Lipinski definition) is 8. The third-order valence-electron chi connectivity index (χ3n) is 6.70. The molecule has 1 unspecified atom stereocenters. The monoisotopic (exact) mass is 554 g/mol. The van der Waals surface area contributed by atoms with Crippen LogP contribution in [0.15, 0.2) is 46.2 Å². The Morgan fingerprint density at radius 2 is 1.87 bits per heavy atom. The summed E-state index contributed by atoms with van der Waals surface area (Å²) in [6, 6.07) is 7.26. The number of nitrogen functional groups attached to an aromatic ring is 1. The molecule has 3 heterocycles. The average Bonchev–Trinajstić information content (AvgIpc) is 3.28. The van der Waals surface area contributed by atoms with Gasteiger partial charge in [0.1, 0.15) is 5.82 Å². The molecule has 3 aromatic heterocycles. The number of fused-ring (bicyclic) bond motifs is 1. The first-order valence-corrected chi connectivity index (χ1v) is 13.6. The van der Waals surface area contributed by atoms with Crippen LogP contribution >= 0.6 is 11.6 Å². The number of rotatable bonds is 13. The zero-order valence-corrected chi connectivity index (χ0v) is 23.1. The second-order valence-electron chi connectivity index (χ2n) is 9.54. The summed E-state index contributed by atoms with van der Waals surface area (Å²) in [6.45, 7) is 5.87. The topological polar surface area (TPSA) is 146 Å². The number of imidazole rings is 1. The highest BCUT2D eigenvalue weighted by Crippen LogP contribution is 2.21. The van der Waals surface area contributed by atoms with Crippen molar-refractivity contribution in [1.29, 1.82) is 0 Å². The standard InChI is InChI=1S/C27H35ClN8O3/c1-3-11-36-26(38)24-25(35(27(36)39)12-8-18-5-6-22(29)21(28)14-18)33-23(15-19-7-9-31-32-16-19)34(24)13-10-30-17-20(37)4-2/h5-7,9,14,16,20,30,37H,3-4,8,10-13,15,17,29H2,1-2H3. The molecule has 4 aromatic rings. The van der Waals surface area contributed by atoms with Gasteiger partial charge in [0.25, 0.3) is 5.56 Å². The third-order valence-corrected chi connectivity index (χ3v) is 7.03. The van der Waals surface area contributed by atoms with Crippen molar-refractivity contribution in [3.05, 3.63) is 79.5 Å². The van der Waals surface area contributed by atoms with E-state index in [0.29, 0.717) is 86.1 Å². The lowest BCUT2D eigenvalue weighted by molar-refractivity contribution is 0.167. The maximum absolute atomic E-state index is 13.7. The predicted molar refractivity (Wildman–Crippen MR) is 152 cm³/mol. The molecule has 11 nitrogen and oxygen atoms in total. The van der Waals surface area contributed by atoms with Crippen LogP contribution in [0.4, 0.5) is 5.69 Å². The minimum atomic E-state index is -0.444. The first kappa shape index (κ1) is 28.5. The lowest BCUT2D eigenvalue weighted by atomic mass is 10.1. The van der Waals surface area contributed by atoms with E-state index in [1.54, 1.807) is 29.1 Å². The largest absolute Gasteiger partial charge is 0.398 e. The normalized spacial score (nSPS) is 12.3. The molecule has 39 heavy (non-hydrogen) atoms. The fraction of sp³-hybridized carbons (Fsp3) is 0.444. The number of nitrogens with two attached hydrogens (primary N) is 1. The number of nitrogens with zero attached hydrogens (tertiary/aromatic N) is 6. The van der Waals surface area contributed by atoms with Gasteiger partial charge < -0.3 is 20.7 Å². The lowest BCUT2D eigenvalue weighted by Gasteiger charge is -2.14. The van der Waals surface area contributed by atoms with Crippen molar-refractivity contribution in [3.8, 4) is 0 Å². The number of anilines is 1. The summed E-state index contributed by atoms with van der Waals surface area (Å²) in [5, 5.41) is 21.4. The summed E-state index contributed by atoms with van der Waals surface area (Å²) in [5.41, 5.74) is 8.14. The van der Waals surface area contributed by atoms with Crippen LogP contribution in [0.3, 0.4) is 0 Å². The minimum absolute atomic E-state index is 0.303. The maximum atomic E-state index is 13.7. The number of benzene rings is 1. The van der Waals surface area contributed by atoms with E-state index in [0.717, 1.165) is 11.1 Å². The average molecular weight is 555 g/mol. The van der Waals surface area contributed by atoms with Crippen molar-refractivity contribution >= 4 is 28.5 Å². The fourth-order valence-corrected chi connectivity index (χ4v) is 4.71. The van der Waals surface area contributed by atoms with E-state index in [1.165, 1.54) is 4.57 Å². The summed E-state index contributed by atoms with van der Waals surface area (Å²) in [7, 11) is 0. The number of aromatic nitrogens is 6. The van der Waals surface area contributed by atoms with E-state index in [2.05, 4.69) is 15.5 Å². The van der Waals surface area contributed by atoms with Crippen LogP contribution in [0.5, 0.6) is 0 Å². The molecule has 0 amide bonds. The Balaban J connectivity index is 1.80. The molecule has 0 aliphatic rings. The van der Waals surface area contributed by atoms with Crippen molar-refractivity contribution in [2.75, 3.05) is 18.8 Å². The van der Waals surface area contributed by atoms with Crippen molar-refractivity contribution in [2.24, 2.45) is 0 Å². The molecular weight excluding hydrogens is 520 g/mol. The van der Waals surface area contributed by atoms with Crippen molar-refractivity contribution < 1.29 is 5.11 Å². The Morgan fingerprint density at radius 3 is 2.56 bits per heavy atom. The van der Waals surface area contributed by atoms with Gasteiger partial charge in [-0.1, -0.05) is 31.5 Å². The molecule has 0 saturated heterocycles. The van der Waals surface area contributed by atoms with Gasteiger partial charge in [-0.05, 0) is 48.6 Å². The van der Waals surface area contributed by atoms with Gasteiger partial charge in [-0.25, -0.2) is 9.78 Å². The number of aliphatic hydroxyl groups excluding tert-OH is 1. The quantitative estimate of drug-likeness (QED) is 0.168. The first-order chi connectivity index (χ1) is 18.8. The van der Waals surface area contributed by atoms with E-state index < -0.39 is 6.10 Å². The second kappa shape index (κ2) is 13.0. The van der Waals surface area contributed by atoms with Crippen LogP contribution in [0, 0.1) is 0 Å². The Kier molecular flexibility index (Phi) is 9.50. The molecular formula is C27H35ClN8O3. The zero-order chi connectivity index (χ0) is 27.9. The van der Waals surface area contributed by atoms with E-state index in [-0.39, 0.29) is 11.2 Å². The van der Waals surface area contributed by atoms with E-state index in [9.17, 15) is 14.7 Å². The van der Waals surface area contributed by atoms with Crippen LogP contribution in [0.25, 0.3) is 11.2 Å². The highest BCUT2D eigenvalue weighted by atomic mass is 35.5. The number of aliphatic hydroxyl groups is 1. The van der Waals surface area contributed by atoms with Gasteiger partial charge in [-0.15, -0.1) is 0 Å². The van der Waals surface area contributed by atoms with Crippen LogP contribution in [0.1, 0.15) is 43.6 Å². The van der Waals surface area contributed by atoms with Gasteiger partial charge in [0.15, 0.2) is 11.2 Å². The number of halogens is 1. The van der Waals surface area contributed by atoms with Crippen molar-refractivity contribution in [1.82, 2.24) is 34.2 Å². The number of nitrogens with one attached hydrogen (secondary N) is 1. The first-order valence-electron chi connectivity index (χ1n) is 13.2. The predicted octanol–water partition coefficient (Wildman–Crippen LogP) is 1.99. The van der Waals surface area contributed by atoms with Gasteiger partial charge >= 0.3 is 5.69 Å². The van der Waals surface area contributed by atoms with Gasteiger partial charge in [-0.2, -0.15) is 10.2 Å². The SMILES string of the molecule is CCCn1c(=O)c2c(nc(Cc3ccnnc3)n2CCNCC(O)CC)n(CCc2ccc(N)c(Cl)c2)c1=O. The van der Waals surface area contributed by atoms with Crippen LogP contribution in [0.2, 0.25) is 5.02 Å². The Morgan fingerprint density at radius 1 is 1.05 bits per heavy atom. The Bertz CT molecular complexity index is 1530. The van der Waals surface area contributed by atoms with Crippen molar-refractivity contribution in [3.63, 3.8) is 0 Å². The molecule has 4 rings (SSSR count). The molecule has 208 valence electrons. The summed E-state index contributed by atoms with van der Waals surface area (Å²) < 4.78 is 4.75. The summed E-state index contributed by atoms with van der Waals surface area (Å²) in [6.07, 6.45) is 5.03. The van der Waals surface area contributed by atoms with Gasteiger partial charge in [0.2, 0.25) is 0 Å². The van der Waals surface area contributed by atoms with Gasteiger partial charge in [0, 0.05) is 45.3 Å². The molecule has 1 atom stereocenters. The molecule has 0 fully saturated rings. The molecule has 0 radical (unpaired) electrons. The second-order valence-corrected chi connectivity index (χ2v) is 9.95. The Labute approximate surface area is 231 Å². The van der Waals surface area contributed by atoms with Gasteiger partial charge in [-0.3, -0.25) is 13.9 Å². The summed E-state index contributed by atoms with van der Waals surface area (Å²) in [4.78, 5) is 32.1. The van der Waals surface area contributed by atoms with Crippen LogP contribution in [-0.2, 0) is 32.5 Å². The van der Waals surface area contributed by atoms with Crippen molar-refractivity contribution in [2.45, 2.75) is 65.3 Å². The Hall–Kier alpha value is -3.54. The third kappa shape index (κ3) is 6.55. The highest BCUT2D eigenvalue weighted by molar-refractivity contribution is 6.33. The van der Waals surface area contributed by atoms with E-state index >= 15 is 0 Å². The maximum Gasteiger partial charge on any atom is 0.332 e. The van der Waals surface area contributed by atoms with E-state index in [1.807, 2.05) is 30.5 Å². The lowest BCUT2D eigenvalue weighted by Crippen LogP contribution is -2.41. The smallest absolute Gasteiger partial charge is 0.332 e. The van der Waals surface area contributed by atoms with Crippen LogP contribution in [-0.4, -0.2) is 53.2 Å². The molecule has 0 aliphatic carbocycles. The fourth-order valence-electron chi connectivity index (χ4n) is 4.51. The zero-order valence-electron chi connectivity index (χ0n) is 22.3. The minimum Gasteiger partial charge on any atom is -0.398 e. The molecule has 0 spiro atoms. The van der Waals surface area contributed by atoms with Crippen LogP contribution < -0.4 is 22.3 Å². The molecule has 4 N–H and O–H groups in total. The molecule has 0 aliphatic heterocycles. The molecule has 12 heteroatoms. The molecule has 0 bridgehead atoms. The summed E-state index contributed by atoms with van der Waals surface area (Å²) in [5.74, 6) is 0.644. The number of hydrogen-bond donors (Lipinski definition) is 3. The summed E-state index contributed by atoms with van der Waals surface area (Å²) >= 11 is 6.21. The highest BCUT2D eigenvalue weighted by Gasteiger charge is 2.22. The van der Waals surface area contributed by atoms with Gasteiger partial charge in [0.05, 0.1) is 23.0 Å².